The molecule has 0 unspecified atom stereocenters. The summed E-state index contributed by atoms with van der Waals surface area (Å²) in [6.07, 6.45) is 0. The van der Waals surface area contributed by atoms with E-state index < -0.39 is 4.92 Å². The number of ether oxygens (including phenoxy) is 1. The smallest absolute Gasteiger partial charge is 0.275 e. The van der Waals surface area contributed by atoms with E-state index in [2.05, 4.69) is 10.6 Å². The Hall–Kier alpha value is -3.16. The number of nitrogens with one attached hydrogen (secondary N) is 2. The fourth-order valence-electron chi connectivity index (χ4n) is 2.47. The fraction of sp³-hybridized carbons (Fsp3) is 0.0500. The Kier molecular flexibility index (Phi) is 6.08. The molecule has 0 aliphatic rings. The summed E-state index contributed by atoms with van der Waals surface area (Å²) in [6.45, 7) is 1.97. The summed E-state index contributed by atoms with van der Waals surface area (Å²) in [4.78, 5) is 10.8. The molecule has 6 nitrogen and oxygen atoms in total. The second-order valence-corrected chi connectivity index (χ2v) is 6.82. The van der Waals surface area contributed by atoms with E-state index in [0.717, 1.165) is 11.3 Å². The minimum absolute atomic E-state index is 0.118. The number of benzene rings is 3. The molecule has 3 aromatic rings. The molecule has 3 rings (SSSR count). The second kappa shape index (κ2) is 8.69. The van der Waals surface area contributed by atoms with Crippen LogP contribution in [0.5, 0.6) is 11.5 Å². The molecule has 0 aliphatic carbocycles. The van der Waals surface area contributed by atoms with Crippen LogP contribution in [-0.4, -0.2) is 10.0 Å². The lowest BCUT2D eigenvalue weighted by molar-refractivity contribution is -0.384. The van der Waals surface area contributed by atoms with Gasteiger partial charge in [0.1, 0.15) is 11.5 Å². The largest absolute Gasteiger partial charge is 0.457 e. The van der Waals surface area contributed by atoms with Crippen LogP contribution in [0.1, 0.15) is 5.56 Å². The van der Waals surface area contributed by atoms with E-state index in [1.165, 1.54) is 12.1 Å². The molecule has 0 heterocycles. The van der Waals surface area contributed by atoms with Gasteiger partial charge in [0.2, 0.25) is 0 Å². The van der Waals surface area contributed by atoms with Crippen molar-refractivity contribution >= 4 is 46.0 Å². The summed E-state index contributed by atoms with van der Waals surface area (Å²) in [7, 11) is 0. The van der Waals surface area contributed by atoms with Crippen molar-refractivity contribution in [3.8, 4) is 11.5 Å². The maximum absolute atomic E-state index is 11.3. The van der Waals surface area contributed by atoms with Crippen molar-refractivity contribution in [3.63, 3.8) is 0 Å². The molecular weight excluding hydrogens is 398 g/mol. The zero-order valence-corrected chi connectivity index (χ0v) is 16.4. The van der Waals surface area contributed by atoms with Gasteiger partial charge in [0.15, 0.2) is 5.11 Å². The van der Waals surface area contributed by atoms with Gasteiger partial charge in [-0.3, -0.25) is 10.1 Å². The standard InChI is InChI=1S/C20H16ClN3O3S/c1-13-3-2-4-15(9-13)22-20(28)23-16-10-17(24(25)26)12-19(11-16)27-18-7-5-14(21)6-8-18/h2-12H,1H3,(H2,22,23,28). The van der Waals surface area contributed by atoms with Crippen molar-refractivity contribution in [2.75, 3.05) is 10.6 Å². The summed E-state index contributed by atoms with van der Waals surface area (Å²) >= 11 is 11.2. The Balaban J connectivity index is 1.79. The molecule has 0 amide bonds. The van der Waals surface area contributed by atoms with Gasteiger partial charge in [-0.25, -0.2) is 0 Å². The number of nitro benzene ring substituents is 1. The van der Waals surface area contributed by atoms with Crippen LogP contribution in [0.3, 0.4) is 0 Å². The average Bonchev–Trinajstić information content (AvgIpc) is 2.63. The first kappa shape index (κ1) is 19.6. The maximum atomic E-state index is 11.3. The van der Waals surface area contributed by atoms with Crippen LogP contribution in [0.2, 0.25) is 5.02 Å². The van der Waals surface area contributed by atoms with Gasteiger partial charge in [0.05, 0.1) is 16.7 Å². The van der Waals surface area contributed by atoms with Crippen LogP contribution in [0.25, 0.3) is 0 Å². The van der Waals surface area contributed by atoms with Gasteiger partial charge in [-0.1, -0.05) is 23.7 Å². The van der Waals surface area contributed by atoms with Crippen molar-refractivity contribution in [1.82, 2.24) is 0 Å². The summed E-state index contributed by atoms with van der Waals surface area (Å²) in [6, 6.07) is 18.8. The van der Waals surface area contributed by atoms with Crippen LogP contribution in [0.15, 0.2) is 66.7 Å². The summed E-state index contributed by atoms with van der Waals surface area (Å²) in [5, 5.41) is 18.2. The van der Waals surface area contributed by atoms with E-state index in [9.17, 15) is 10.1 Å². The molecule has 0 bridgehead atoms. The zero-order chi connectivity index (χ0) is 20.1. The third kappa shape index (κ3) is 5.42. The van der Waals surface area contributed by atoms with Gasteiger partial charge in [0, 0.05) is 22.8 Å². The number of rotatable bonds is 5. The lowest BCUT2D eigenvalue weighted by Crippen LogP contribution is -2.19. The molecule has 0 spiro atoms. The predicted octanol–water partition coefficient (Wildman–Crippen LogP) is 6.16. The van der Waals surface area contributed by atoms with Gasteiger partial charge in [-0.05, 0) is 61.1 Å². The van der Waals surface area contributed by atoms with Gasteiger partial charge in [-0.2, -0.15) is 0 Å². The Labute approximate surface area is 172 Å². The minimum Gasteiger partial charge on any atom is -0.457 e. The highest BCUT2D eigenvalue weighted by molar-refractivity contribution is 7.80. The monoisotopic (exact) mass is 413 g/mol. The predicted molar refractivity (Wildman–Crippen MR) is 116 cm³/mol. The molecule has 0 aromatic heterocycles. The molecule has 2 N–H and O–H groups in total. The second-order valence-electron chi connectivity index (χ2n) is 5.98. The molecular formula is C20H16ClN3O3S. The number of nitrogens with zero attached hydrogens (tertiary/aromatic N) is 1. The Morgan fingerprint density at radius 1 is 1.00 bits per heavy atom. The van der Waals surface area contributed by atoms with Crippen molar-refractivity contribution < 1.29 is 9.66 Å². The molecule has 0 aliphatic heterocycles. The molecule has 0 atom stereocenters. The number of hydrogen-bond donors (Lipinski definition) is 2. The molecule has 3 aromatic carbocycles. The first-order chi connectivity index (χ1) is 13.4. The number of thiocarbonyl (C=S) groups is 1. The third-order valence-electron chi connectivity index (χ3n) is 3.69. The highest BCUT2D eigenvalue weighted by Crippen LogP contribution is 2.30. The van der Waals surface area contributed by atoms with Crippen molar-refractivity contribution in [2.24, 2.45) is 0 Å². The van der Waals surface area contributed by atoms with Gasteiger partial charge in [-0.15, -0.1) is 0 Å². The SMILES string of the molecule is Cc1cccc(NC(=S)Nc2cc(Oc3ccc(Cl)cc3)cc([N+](=O)[O-])c2)c1. The maximum Gasteiger partial charge on any atom is 0.275 e. The number of non-ortho nitro benzene ring substituents is 1. The molecule has 0 saturated heterocycles. The summed E-state index contributed by atoms with van der Waals surface area (Å²) < 4.78 is 5.71. The van der Waals surface area contributed by atoms with Gasteiger partial charge in [0.25, 0.3) is 5.69 Å². The van der Waals surface area contributed by atoms with Crippen LogP contribution in [-0.2, 0) is 0 Å². The molecule has 0 saturated carbocycles. The fourth-order valence-corrected chi connectivity index (χ4v) is 2.84. The number of nitro groups is 1. The topological polar surface area (TPSA) is 76.4 Å². The normalized spacial score (nSPS) is 10.2. The first-order valence-corrected chi connectivity index (χ1v) is 9.05. The zero-order valence-electron chi connectivity index (χ0n) is 14.8. The molecule has 142 valence electrons. The first-order valence-electron chi connectivity index (χ1n) is 8.26. The van der Waals surface area contributed by atoms with E-state index >= 15 is 0 Å². The van der Waals surface area contributed by atoms with Crippen LogP contribution in [0, 0.1) is 17.0 Å². The van der Waals surface area contributed by atoms with E-state index in [1.807, 2.05) is 31.2 Å². The van der Waals surface area contributed by atoms with Gasteiger partial charge >= 0.3 is 0 Å². The number of halogens is 1. The number of aryl methyl sites for hydroxylation is 1. The lowest BCUT2D eigenvalue weighted by atomic mass is 10.2. The molecule has 28 heavy (non-hydrogen) atoms. The third-order valence-corrected chi connectivity index (χ3v) is 4.14. The number of anilines is 2. The quantitative estimate of drug-likeness (QED) is 0.296. The van der Waals surface area contributed by atoms with Crippen LogP contribution < -0.4 is 15.4 Å². The van der Waals surface area contributed by atoms with Gasteiger partial charge < -0.3 is 15.4 Å². The summed E-state index contributed by atoms with van der Waals surface area (Å²) in [5.74, 6) is 0.814. The molecule has 8 heteroatoms. The Bertz CT molecular complexity index is 1030. The van der Waals surface area contributed by atoms with Crippen LogP contribution in [0.4, 0.5) is 17.1 Å². The highest BCUT2D eigenvalue weighted by atomic mass is 35.5. The van der Waals surface area contributed by atoms with E-state index in [0.29, 0.717) is 27.3 Å². The molecule has 0 radical (unpaired) electrons. The Morgan fingerprint density at radius 3 is 2.39 bits per heavy atom. The number of hydrogen-bond acceptors (Lipinski definition) is 4. The van der Waals surface area contributed by atoms with Crippen molar-refractivity contribution in [2.45, 2.75) is 6.92 Å². The van der Waals surface area contributed by atoms with Crippen molar-refractivity contribution in [3.05, 3.63) is 87.4 Å². The van der Waals surface area contributed by atoms with E-state index in [1.54, 1.807) is 30.3 Å². The van der Waals surface area contributed by atoms with E-state index in [4.69, 9.17) is 28.6 Å². The summed E-state index contributed by atoms with van der Waals surface area (Å²) in [5.41, 5.74) is 2.22. The van der Waals surface area contributed by atoms with Crippen molar-refractivity contribution in [1.29, 1.82) is 0 Å². The lowest BCUT2D eigenvalue weighted by Gasteiger charge is -2.12. The van der Waals surface area contributed by atoms with E-state index in [-0.39, 0.29) is 5.69 Å². The molecule has 0 fully saturated rings. The Morgan fingerprint density at radius 2 is 1.71 bits per heavy atom. The highest BCUT2D eigenvalue weighted by Gasteiger charge is 2.12. The average molecular weight is 414 g/mol. The minimum atomic E-state index is -0.489. The van der Waals surface area contributed by atoms with Crippen LogP contribution >= 0.6 is 23.8 Å².